The number of esters is 1. The number of carbonyl (C=O) groups excluding carboxylic acids is 1. The van der Waals surface area contributed by atoms with Gasteiger partial charge in [-0.1, -0.05) is 0 Å². The summed E-state index contributed by atoms with van der Waals surface area (Å²) in [6, 6.07) is 6.72. The van der Waals surface area contributed by atoms with E-state index in [0.29, 0.717) is 6.54 Å². The Kier molecular flexibility index (Phi) is 6.87. The van der Waals surface area contributed by atoms with Gasteiger partial charge in [0.2, 0.25) is 0 Å². The summed E-state index contributed by atoms with van der Waals surface area (Å²) in [5.41, 5.74) is 0. The molecule has 0 heterocycles. The minimum Gasteiger partial charge on any atom is -0.468 e. The van der Waals surface area contributed by atoms with Crippen LogP contribution in [0.15, 0.2) is 29.2 Å². The van der Waals surface area contributed by atoms with Gasteiger partial charge >= 0.3 is 5.97 Å². The van der Waals surface area contributed by atoms with Crippen LogP contribution < -0.4 is 0 Å². The second-order valence-electron chi connectivity index (χ2n) is 4.44. The zero-order chi connectivity index (χ0) is 14.3. The molecule has 0 spiro atoms. The molecule has 3 nitrogen and oxygen atoms in total. The third-order valence-electron chi connectivity index (χ3n) is 2.75. The summed E-state index contributed by atoms with van der Waals surface area (Å²) in [6.45, 7) is 5.18. The molecule has 0 aromatic heterocycles. The van der Waals surface area contributed by atoms with E-state index in [4.69, 9.17) is 0 Å². The zero-order valence-electron chi connectivity index (χ0n) is 11.6. The first-order valence-corrected chi connectivity index (χ1v) is 7.20. The number of benzene rings is 1. The first-order chi connectivity index (χ1) is 9.02. The van der Waals surface area contributed by atoms with Gasteiger partial charge in [-0.25, -0.2) is 4.39 Å². The molecular formula is C14H20FNO2S. The molecule has 0 atom stereocenters. The summed E-state index contributed by atoms with van der Waals surface area (Å²) >= 11 is 1.65. The van der Waals surface area contributed by atoms with Gasteiger partial charge in [0.1, 0.15) is 5.82 Å². The SMILES string of the molecule is COC(=O)CN(CCSc1ccc(F)cc1)C(C)C. The number of hydrogen-bond acceptors (Lipinski definition) is 4. The van der Waals surface area contributed by atoms with Gasteiger partial charge in [0, 0.05) is 23.2 Å². The average molecular weight is 285 g/mol. The van der Waals surface area contributed by atoms with Gasteiger partial charge in [0.05, 0.1) is 13.7 Å². The second kappa shape index (κ2) is 8.17. The fraction of sp³-hybridized carbons (Fsp3) is 0.500. The highest BCUT2D eigenvalue weighted by molar-refractivity contribution is 7.99. The van der Waals surface area contributed by atoms with Crippen molar-refractivity contribution in [2.24, 2.45) is 0 Å². The number of rotatable bonds is 7. The molecule has 0 bridgehead atoms. The molecule has 0 unspecified atom stereocenters. The van der Waals surface area contributed by atoms with E-state index in [9.17, 15) is 9.18 Å². The Bertz CT molecular complexity index is 395. The summed E-state index contributed by atoms with van der Waals surface area (Å²) < 4.78 is 17.4. The van der Waals surface area contributed by atoms with Crippen LogP contribution in [0, 0.1) is 5.82 Å². The van der Waals surface area contributed by atoms with Gasteiger partial charge in [0.15, 0.2) is 0 Å². The summed E-state index contributed by atoms with van der Waals surface area (Å²) in [7, 11) is 1.40. The molecule has 5 heteroatoms. The summed E-state index contributed by atoms with van der Waals surface area (Å²) in [5.74, 6) is 0.403. The van der Waals surface area contributed by atoms with Crippen molar-refractivity contribution in [3.63, 3.8) is 0 Å². The molecular weight excluding hydrogens is 265 g/mol. The van der Waals surface area contributed by atoms with Crippen LogP contribution in [0.3, 0.4) is 0 Å². The van der Waals surface area contributed by atoms with Crippen molar-refractivity contribution < 1.29 is 13.9 Å². The molecule has 0 fully saturated rings. The maximum absolute atomic E-state index is 12.8. The van der Waals surface area contributed by atoms with Crippen molar-refractivity contribution in [1.29, 1.82) is 0 Å². The molecule has 0 aliphatic heterocycles. The monoisotopic (exact) mass is 285 g/mol. The highest BCUT2D eigenvalue weighted by atomic mass is 32.2. The molecule has 0 amide bonds. The number of hydrogen-bond donors (Lipinski definition) is 0. The number of nitrogens with zero attached hydrogens (tertiary/aromatic N) is 1. The van der Waals surface area contributed by atoms with Gasteiger partial charge in [-0.2, -0.15) is 0 Å². The van der Waals surface area contributed by atoms with E-state index in [2.05, 4.69) is 9.64 Å². The van der Waals surface area contributed by atoms with E-state index in [1.165, 1.54) is 19.2 Å². The Balaban J connectivity index is 2.39. The Morgan fingerprint density at radius 2 is 2.00 bits per heavy atom. The quantitative estimate of drug-likeness (QED) is 0.569. The minimum atomic E-state index is -0.223. The standard InChI is InChI=1S/C14H20FNO2S/c1-11(2)16(10-14(17)18-3)8-9-19-13-6-4-12(15)5-7-13/h4-7,11H,8-10H2,1-3H3. The number of ether oxygens (including phenoxy) is 1. The van der Waals surface area contributed by atoms with Crippen LogP contribution >= 0.6 is 11.8 Å². The van der Waals surface area contributed by atoms with Crippen molar-refractivity contribution in [2.75, 3.05) is 26.0 Å². The van der Waals surface area contributed by atoms with E-state index >= 15 is 0 Å². The van der Waals surface area contributed by atoms with Crippen molar-refractivity contribution in [1.82, 2.24) is 4.90 Å². The van der Waals surface area contributed by atoms with E-state index in [0.717, 1.165) is 17.2 Å². The van der Waals surface area contributed by atoms with Gasteiger partial charge < -0.3 is 4.74 Å². The maximum Gasteiger partial charge on any atom is 0.319 e. The van der Waals surface area contributed by atoms with Crippen molar-refractivity contribution in [3.05, 3.63) is 30.1 Å². The van der Waals surface area contributed by atoms with Crippen LogP contribution in [0.4, 0.5) is 4.39 Å². The van der Waals surface area contributed by atoms with Crippen LogP contribution in [0.2, 0.25) is 0 Å². The normalized spacial score (nSPS) is 11.1. The molecule has 1 aromatic carbocycles. The lowest BCUT2D eigenvalue weighted by Crippen LogP contribution is -2.37. The lowest BCUT2D eigenvalue weighted by atomic mass is 10.3. The van der Waals surface area contributed by atoms with Crippen LogP contribution in [-0.2, 0) is 9.53 Å². The molecule has 0 aliphatic carbocycles. The van der Waals surface area contributed by atoms with Gasteiger partial charge in [-0.15, -0.1) is 11.8 Å². The van der Waals surface area contributed by atoms with Gasteiger partial charge in [-0.3, -0.25) is 9.69 Å². The number of methoxy groups -OCH3 is 1. The third kappa shape index (κ3) is 6.07. The predicted octanol–water partition coefficient (Wildman–Crippen LogP) is 2.80. The Hall–Kier alpha value is -1.07. The average Bonchev–Trinajstić information content (AvgIpc) is 2.39. The maximum atomic E-state index is 12.8. The van der Waals surface area contributed by atoms with Crippen molar-refractivity contribution >= 4 is 17.7 Å². The summed E-state index contributed by atoms with van der Waals surface area (Å²) in [4.78, 5) is 14.4. The van der Waals surface area contributed by atoms with Crippen LogP contribution in [-0.4, -0.2) is 42.9 Å². The summed E-state index contributed by atoms with van der Waals surface area (Å²) in [5, 5.41) is 0. The number of halogens is 1. The van der Waals surface area contributed by atoms with Crippen molar-refractivity contribution in [3.8, 4) is 0 Å². The van der Waals surface area contributed by atoms with E-state index in [1.54, 1.807) is 23.9 Å². The molecule has 0 saturated carbocycles. The second-order valence-corrected chi connectivity index (χ2v) is 5.61. The van der Waals surface area contributed by atoms with Crippen LogP contribution in [0.1, 0.15) is 13.8 Å². The highest BCUT2D eigenvalue weighted by Gasteiger charge is 2.13. The molecule has 0 saturated heterocycles. The van der Waals surface area contributed by atoms with E-state index in [1.807, 2.05) is 13.8 Å². The minimum absolute atomic E-state index is 0.222. The van der Waals surface area contributed by atoms with Crippen molar-refractivity contribution in [2.45, 2.75) is 24.8 Å². The van der Waals surface area contributed by atoms with Gasteiger partial charge in [0.25, 0.3) is 0 Å². The van der Waals surface area contributed by atoms with Gasteiger partial charge in [-0.05, 0) is 38.1 Å². The fourth-order valence-corrected chi connectivity index (χ4v) is 2.45. The predicted molar refractivity (Wildman–Crippen MR) is 75.8 cm³/mol. The van der Waals surface area contributed by atoms with Crippen LogP contribution in [0.5, 0.6) is 0 Å². The smallest absolute Gasteiger partial charge is 0.319 e. The lowest BCUT2D eigenvalue weighted by molar-refractivity contribution is -0.142. The summed E-state index contributed by atoms with van der Waals surface area (Å²) in [6.07, 6.45) is 0. The lowest BCUT2D eigenvalue weighted by Gasteiger charge is -2.24. The molecule has 0 N–H and O–H groups in total. The fourth-order valence-electron chi connectivity index (χ4n) is 1.56. The molecule has 106 valence electrons. The number of thioether (sulfide) groups is 1. The van der Waals surface area contributed by atoms with E-state index < -0.39 is 0 Å². The zero-order valence-corrected chi connectivity index (χ0v) is 12.4. The van der Waals surface area contributed by atoms with Crippen LogP contribution in [0.25, 0.3) is 0 Å². The molecule has 0 radical (unpaired) electrons. The topological polar surface area (TPSA) is 29.5 Å². The van der Waals surface area contributed by atoms with E-state index in [-0.39, 0.29) is 17.8 Å². The first-order valence-electron chi connectivity index (χ1n) is 6.22. The molecule has 1 rings (SSSR count). The Labute approximate surface area is 118 Å². The molecule has 1 aromatic rings. The Morgan fingerprint density at radius 1 is 1.37 bits per heavy atom. The molecule has 19 heavy (non-hydrogen) atoms. The Morgan fingerprint density at radius 3 is 2.53 bits per heavy atom. The largest absolute Gasteiger partial charge is 0.468 e. The third-order valence-corrected chi connectivity index (χ3v) is 3.74. The first kappa shape index (κ1) is 16.0. The highest BCUT2D eigenvalue weighted by Crippen LogP contribution is 2.18. The number of carbonyl (C=O) groups is 1. The molecule has 0 aliphatic rings.